The predicted molar refractivity (Wildman–Crippen MR) is 95.8 cm³/mol. The van der Waals surface area contributed by atoms with E-state index < -0.39 is 23.7 Å². The van der Waals surface area contributed by atoms with E-state index in [0.29, 0.717) is 22.6 Å². The van der Waals surface area contributed by atoms with Gasteiger partial charge in [-0.05, 0) is 48.9 Å². The molecule has 0 aliphatic rings. The Balaban J connectivity index is 1.72. The monoisotopic (exact) mass is 390 g/mol. The number of benzene rings is 2. The molecule has 8 heteroatoms. The van der Waals surface area contributed by atoms with E-state index in [9.17, 15) is 18.0 Å². The number of hydrogen-bond donors (Lipinski definition) is 1. The molecule has 0 unspecified atom stereocenters. The van der Waals surface area contributed by atoms with E-state index in [0.717, 1.165) is 12.1 Å². The lowest BCUT2D eigenvalue weighted by Crippen LogP contribution is -2.27. The molecule has 28 heavy (non-hydrogen) atoms. The quantitative estimate of drug-likeness (QED) is 0.676. The van der Waals surface area contributed by atoms with Crippen LogP contribution >= 0.6 is 0 Å². The van der Waals surface area contributed by atoms with Gasteiger partial charge in [0.1, 0.15) is 5.75 Å². The zero-order valence-corrected chi connectivity index (χ0v) is 15.1. The molecule has 1 heterocycles. The second-order valence-electron chi connectivity index (χ2n) is 6.12. The van der Waals surface area contributed by atoms with Crippen molar-refractivity contribution in [1.82, 2.24) is 10.5 Å². The van der Waals surface area contributed by atoms with E-state index in [-0.39, 0.29) is 5.69 Å². The minimum Gasteiger partial charge on any atom is -0.497 e. The summed E-state index contributed by atoms with van der Waals surface area (Å²) in [6, 6.07) is 12.6. The molecular formula is C20H17F3N2O3. The summed E-state index contributed by atoms with van der Waals surface area (Å²) in [5.41, 5.74) is 0.305. The Morgan fingerprint density at radius 1 is 1.14 bits per heavy atom. The molecule has 1 N–H and O–H groups in total. The fourth-order valence-electron chi connectivity index (χ4n) is 2.61. The fraction of sp³-hybridized carbons (Fsp3) is 0.200. The molecular weight excluding hydrogens is 373 g/mol. The average Bonchev–Trinajstić information content (AvgIpc) is 3.18. The van der Waals surface area contributed by atoms with E-state index in [1.165, 1.54) is 18.2 Å². The van der Waals surface area contributed by atoms with Gasteiger partial charge in [-0.2, -0.15) is 13.2 Å². The van der Waals surface area contributed by atoms with Crippen LogP contribution in [0.25, 0.3) is 11.3 Å². The SMILES string of the molecule is COc1ccc(-c2cc(C(=O)N[C@H](C)c3cccc(C(F)(F)F)c3)no2)cc1. The third kappa shape index (κ3) is 4.33. The lowest BCUT2D eigenvalue weighted by Gasteiger charge is -2.15. The molecule has 0 saturated heterocycles. The fourth-order valence-corrected chi connectivity index (χ4v) is 2.61. The Bertz CT molecular complexity index is 965. The van der Waals surface area contributed by atoms with Crippen LogP contribution in [0.1, 0.15) is 34.6 Å². The molecule has 0 saturated carbocycles. The van der Waals surface area contributed by atoms with Gasteiger partial charge in [-0.15, -0.1) is 0 Å². The van der Waals surface area contributed by atoms with Crippen LogP contribution in [-0.2, 0) is 6.18 Å². The van der Waals surface area contributed by atoms with Crippen molar-refractivity contribution in [3.63, 3.8) is 0 Å². The van der Waals surface area contributed by atoms with E-state index in [1.54, 1.807) is 38.3 Å². The number of carbonyl (C=O) groups excluding carboxylic acids is 1. The number of hydrogen-bond acceptors (Lipinski definition) is 4. The lowest BCUT2D eigenvalue weighted by molar-refractivity contribution is -0.137. The number of nitrogens with zero attached hydrogens (tertiary/aromatic N) is 1. The van der Waals surface area contributed by atoms with Crippen LogP contribution in [0.3, 0.4) is 0 Å². The van der Waals surface area contributed by atoms with Gasteiger partial charge in [0.15, 0.2) is 11.5 Å². The number of rotatable bonds is 5. The van der Waals surface area contributed by atoms with E-state index in [2.05, 4.69) is 10.5 Å². The van der Waals surface area contributed by atoms with Crippen LogP contribution in [0.2, 0.25) is 0 Å². The van der Waals surface area contributed by atoms with Crippen molar-refractivity contribution in [3.8, 4) is 17.1 Å². The summed E-state index contributed by atoms with van der Waals surface area (Å²) < 4.78 is 48.8. The van der Waals surface area contributed by atoms with Crippen LogP contribution in [0.5, 0.6) is 5.75 Å². The van der Waals surface area contributed by atoms with Gasteiger partial charge in [0.05, 0.1) is 18.7 Å². The highest BCUT2D eigenvalue weighted by Gasteiger charge is 2.30. The van der Waals surface area contributed by atoms with Crippen molar-refractivity contribution in [3.05, 3.63) is 71.4 Å². The topological polar surface area (TPSA) is 64.4 Å². The number of amides is 1. The maximum absolute atomic E-state index is 12.9. The van der Waals surface area contributed by atoms with Gasteiger partial charge in [-0.1, -0.05) is 17.3 Å². The Morgan fingerprint density at radius 3 is 2.50 bits per heavy atom. The van der Waals surface area contributed by atoms with Crippen LogP contribution in [0.15, 0.2) is 59.1 Å². The predicted octanol–water partition coefficient (Wildman–Crippen LogP) is 4.86. The minimum absolute atomic E-state index is 0.0321. The molecule has 5 nitrogen and oxygen atoms in total. The normalized spacial score (nSPS) is 12.5. The van der Waals surface area contributed by atoms with Crippen LogP contribution in [-0.4, -0.2) is 18.2 Å². The van der Waals surface area contributed by atoms with Crippen LogP contribution in [0, 0.1) is 0 Å². The molecule has 0 aliphatic heterocycles. The summed E-state index contributed by atoms with van der Waals surface area (Å²) in [6.45, 7) is 1.60. The molecule has 3 rings (SSSR count). The lowest BCUT2D eigenvalue weighted by atomic mass is 10.0. The summed E-state index contributed by atoms with van der Waals surface area (Å²) in [5, 5.41) is 6.37. The highest BCUT2D eigenvalue weighted by Crippen LogP contribution is 2.31. The highest BCUT2D eigenvalue weighted by atomic mass is 19.4. The maximum atomic E-state index is 12.9. The third-order valence-corrected chi connectivity index (χ3v) is 4.18. The van der Waals surface area contributed by atoms with Gasteiger partial charge in [-0.25, -0.2) is 0 Å². The average molecular weight is 390 g/mol. The molecule has 1 aromatic heterocycles. The molecule has 3 aromatic rings. The molecule has 0 radical (unpaired) electrons. The van der Waals surface area contributed by atoms with Crippen molar-refractivity contribution in [2.45, 2.75) is 19.1 Å². The number of halogens is 3. The minimum atomic E-state index is -4.45. The summed E-state index contributed by atoms with van der Waals surface area (Å²) >= 11 is 0. The van der Waals surface area contributed by atoms with E-state index in [4.69, 9.17) is 9.26 Å². The first-order valence-corrected chi connectivity index (χ1v) is 8.37. The zero-order valence-electron chi connectivity index (χ0n) is 15.1. The number of nitrogens with one attached hydrogen (secondary N) is 1. The number of aromatic nitrogens is 1. The molecule has 0 fully saturated rings. The third-order valence-electron chi connectivity index (χ3n) is 4.18. The number of alkyl halides is 3. The van der Waals surface area contributed by atoms with Crippen LogP contribution in [0.4, 0.5) is 13.2 Å². The molecule has 2 aromatic carbocycles. The first-order valence-electron chi connectivity index (χ1n) is 8.37. The molecule has 0 bridgehead atoms. The first-order chi connectivity index (χ1) is 13.3. The van der Waals surface area contributed by atoms with Gasteiger partial charge in [0, 0.05) is 11.6 Å². The Labute approximate surface area is 159 Å². The second kappa shape index (κ2) is 7.75. The molecule has 0 spiro atoms. The Kier molecular flexibility index (Phi) is 5.39. The molecule has 1 amide bonds. The maximum Gasteiger partial charge on any atom is 0.416 e. The van der Waals surface area contributed by atoms with Crippen molar-refractivity contribution in [2.24, 2.45) is 0 Å². The summed E-state index contributed by atoms with van der Waals surface area (Å²) in [5.74, 6) is 0.518. The van der Waals surface area contributed by atoms with Crippen molar-refractivity contribution in [2.75, 3.05) is 7.11 Å². The summed E-state index contributed by atoms with van der Waals surface area (Å²) in [6.07, 6.45) is -4.45. The molecule has 1 atom stereocenters. The van der Waals surface area contributed by atoms with Crippen molar-refractivity contribution in [1.29, 1.82) is 0 Å². The number of methoxy groups -OCH3 is 1. The van der Waals surface area contributed by atoms with Gasteiger partial charge in [0.25, 0.3) is 5.91 Å². The first kappa shape index (κ1) is 19.5. The van der Waals surface area contributed by atoms with E-state index in [1.807, 2.05) is 0 Å². The van der Waals surface area contributed by atoms with E-state index >= 15 is 0 Å². The Morgan fingerprint density at radius 2 is 1.86 bits per heavy atom. The summed E-state index contributed by atoms with van der Waals surface area (Å²) in [4.78, 5) is 12.4. The smallest absolute Gasteiger partial charge is 0.416 e. The largest absolute Gasteiger partial charge is 0.497 e. The van der Waals surface area contributed by atoms with Gasteiger partial charge < -0.3 is 14.6 Å². The van der Waals surface area contributed by atoms with Crippen molar-refractivity contribution >= 4 is 5.91 Å². The van der Waals surface area contributed by atoms with Gasteiger partial charge in [0.2, 0.25) is 0 Å². The number of carbonyl (C=O) groups is 1. The number of ether oxygens (including phenoxy) is 1. The second-order valence-corrected chi connectivity index (χ2v) is 6.12. The van der Waals surface area contributed by atoms with Crippen LogP contribution < -0.4 is 10.1 Å². The Hall–Kier alpha value is -3.29. The summed E-state index contributed by atoms with van der Waals surface area (Å²) in [7, 11) is 1.55. The van der Waals surface area contributed by atoms with Gasteiger partial charge >= 0.3 is 6.18 Å². The van der Waals surface area contributed by atoms with Crippen molar-refractivity contribution < 1.29 is 27.2 Å². The highest BCUT2D eigenvalue weighted by molar-refractivity contribution is 5.93. The standard InChI is InChI=1S/C20H17F3N2O3/c1-12(14-4-3-5-15(10-14)20(21,22)23)24-19(26)17-11-18(28-25-17)13-6-8-16(27-2)9-7-13/h3-12H,1-2H3,(H,24,26)/t12-/m1/s1. The molecule has 0 aliphatic carbocycles. The van der Waals surface area contributed by atoms with Gasteiger partial charge in [-0.3, -0.25) is 4.79 Å². The zero-order chi connectivity index (χ0) is 20.3. The molecule has 146 valence electrons.